The van der Waals surface area contributed by atoms with E-state index < -0.39 is 0 Å². The van der Waals surface area contributed by atoms with Crippen LogP contribution in [-0.4, -0.2) is 43.5 Å². The van der Waals surface area contributed by atoms with Gasteiger partial charge in [-0.05, 0) is 46.9 Å². The number of rotatable bonds is 4. The number of amides is 1. The van der Waals surface area contributed by atoms with Crippen LogP contribution in [0.3, 0.4) is 0 Å². The standard InChI is InChI=1S/C12H18BrN3OS/c13-10-2-7-18-11(10)8-15-12(17)9-16-5-1-3-14-4-6-16/h2,7,14H,1,3-6,8-9H2,(H,15,17). The number of hydrogen-bond acceptors (Lipinski definition) is 4. The largest absolute Gasteiger partial charge is 0.350 e. The van der Waals surface area contributed by atoms with Gasteiger partial charge in [-0.1, -0.05) is 0 Å². The van der Waals surface area contributed by atoms with Gasteiger partial charge in [-0.3, -0.25) is 9.69 Å². The van der Waals surface area contributed by atoms with E-state index in [9.17, 15) is 4.79 Å². The number of thiophene rings is 1. The van der Waals surface area contributed by atoms with Crippen molar-refractivity contribution in [3.63, 3.8) is 0 Å². The molecule has 1 fully saturated rings. The van der Waals surface area contributed by atoms with E-state index in [1.165, 1.54) is 4.88 Å². The highest BCUT2D eigenvalue weighted by Gasteiger charge is 2.12. The van der Waals surface area contributed by atoms with Crippen molar-refractivity contribution in [1.29, 1.82) is 0 Å². The maximum atomic E-state index is 11.8. The lowest BCUT2D eigenvalue weighted by Crippen LogP contribution is -2.38. The Labute approximate surface area is 120 Å². The second-order valence-electron chi connectivity index (χ2n) is 4.35. The first-order valence-corrected chi connectivity index (χ1v) is 7.84. The van der Waals surface area contributed by atoms with Crippen LogP contribution in [0.1, 0.15) is 11.3 Å². The van der Waals surface area contributed by atoms with E-state index in [1.807, 2.05) is 11.4 Å². The molecule has 0 atom stereocenters. The van der Waals surface area contributed by atoms with Crippen LogP contribution >= 0.6 is 27.3 Å². The molecule has 2 heterocycles. The van der Waals surface area contributed by atoms with Crippen molar-refractivity contribution >= 4 is 33.2 Å². The Hall–Kier alpha value is -0.430. The molecule has 0 saturated carbocycles. The van der Waals surface area contributed by atoms with Gasteiger partial charge in [0.1, 0.15) is 0 Å². The lowest BCUT2D eigenvalue weighted by atomic mass is 10.3. The minimum atomic E-state index is 0.109. The Morgan fingerprint density at radius 3 is 3.17 bits per heavy atom. The van der Waals surface area contributed by atoms with Gasteiger partial charge in [-0.15, -0.1) is 11.3 Å². The SMILES string of the molecule is O=C(CN1CCCNCC1)NCc1sccc1Br. The minimum Gasteiger partial charge on any atom is -0.350 e. The maximum absolute atomic E-state index is 11.8. The molecule has 1 amide bonds. The third-order valence-electron chi connectivity index (χ3n) is 2.94. The number of carbonyl (C=O) groups is 1. The predicted octanol–water partition coefficient (Wildman–Crippen LogP) is 1.42. The third-order valence-corrected chi connectivity index (χ3v) is 4.86. The van der Waals surface area contributed by atoms with E-state index in [1.54, 1.807) is 11.3 Å². The Balaban J connectivity index is 1.73. The van der Waals surface area contributed by atoms with E-state index in [0.29, 0.717) is 13.1 Å². The van der Waals surface area contributed by atoms with Crippen LogP contribution in [-0.2, 0) is 11.3 Å². The maximum Gasteiger partial charge on any atom is 0.234 e. The molecule has 2 N–H and O–H groups in total. The van der Waals surface area contributed by atoms with Crippen molar-refractivity contribution in [3.05, 3.63) is 20.8 Å². The molecule has 1 aliphatic heterocycles. The average molecular weight is 332 g/mol. The van der Waals surface area contributed by atoms with Crippen molar-refractivity contribution in [2.24, 2.45) is 0 Å². The third kappa shape index (κ3) is 4.35. The molecule has 2 rings (SSSR count). The molecule has 100 valence electrons. The molecule has 1 saturated heterocycles. The second-order valence-corrected chi connectivity index (χ2v) is 6.20. The van der Waals surface area contributed by atoms with Gasteiger partial charge in [0, 0.05) is 22.4 Å². The van der Waals surface area contributed by atoms with E-state index in [4.69, 9.17) is 0 Å². The van der Waals surface area contributed by atoms with Gasteiger partial charge in [0.2, 0.25) is 5.91 Å². The molecule has 0 aromatic carbocycles. The van der Waals surface area contributed by atoms with E-state index in [0.717, 1.165) is 37.1 Å². The van der Waals surface area contributed by atoms with Crippen LogP contribution in [0.4, 0.5) is 0 Å². The van der Waals surface area contributed by atoms with Crippen molar-refractivity contribution in [2.75, 3.05) is 32.7 Å². The van der Waals surface area contributed by atoms with Gasteiger partial charge >= 0.3 is 0 Å². The molecule has 0 spiro atoms. The molecular weight excluding hydrogens is 314 g/mol. The smallest absolute Gasteiger partial charge is 0.234 e. The van der Waals surface area contributed by atoms with Gasteiger partial charge < -0.3 is 10.6 Å². The summed E-state index contributed by atoms with van der Waals surface area (Å²) in [7, 11) is 0. The summed E-state index contributed by atoms with van der Waals surface area (Å²) in [5, 5.41) is 8.33. The van der Waals surface area contributed by atoms with Crippen LogP contribution in [0.2, 0.25) is 0 Å². The number of halogens is 1. The first-order chi connectivity index (χ1) is 8.75. The fourth-order valence-electron chi connectivity index (χ4n) is 1.95. The molecule has 18 heavy (non-hydrogen) atoms. The van der Waals surface area contributed by atoms with Gasteiger partial charge in [0.15, 0.2) is 0 Å². The van der Waals surface area contributed by atoms with Gasteiger partial charge in [0.25, 0.3) is 0 Å². The summed E-state index contributed by atoms with van der Waals surface area (Å²) < 4.78 is 1.08. The Morgan fingerprint density at radius 2 is 2.39 bits per heavy atom. The van der Waals surface area contributed by atoms with Crippen LogP contribution < -0.4 is 10.6 Å². The van der Waals surface area contributed by atoms with Crippen molar-refractivity contribution < 1.29 is 4.79 Å². The summed E-state index contributed by atoms with van der Waals surface area (Å²) >= 11 is 5.12. The molecule has 0 radical (unpaired) electrons. The predicted molar refractivity (Wildman–Crippen MR) is 77.8 cm³/mol. The number of nitrogens with one attached hydrogen (secondary N) is 2. The zero-order valence-corrected chi connectivity index (χ0v) is 12.6. The quantitative estimate of drug-likeness (QED) is 0.877. The Morgan fingerprint density at radius 1 is 1.50 bits per heavy atom. The van der Waals surface area contributed by atoms with Crippen LogP contribution in [0.15, 0.2) is 15.9 Å². The molecular formula is C12H18BrN3OS. The lowest BCUT2D eigenvalue weighted by Gasteiger charge is -2.18. The molecule has 6 heteroatoms. The highest BCUT2D eigenvalue weighted by molar-refractivity contribution is 9.10. The summed E-state index contributed by atoms with van der Waals surface area (Å²) in [6.45, 7) is 5.11. The molecule has 1 aliphatic rings. The summed E-state index contributed by atoms with van der Waals surface area (Å²) in [6.07, 6.45) is 1.11. The van der Waals surface area contributed by atoms with Gasteiger partial charge in [-0.25, -0.2) is 0 Å². The van der Waals surface area contributed by atoms with Gasteiger partial charge in [0.05, 0.1) is 13.1 Å². The Kier molecular flexibility index (Phi) is 5.62. The van der Waals surface area contributed by atoms with Crippen molar-refractivity contribution in [1.82, 2.24) is 15.5 Å². The normalized spacial score (nSPS) is 17.4. The summed E-state index contributed by atoms with van der Waals surface area (Å²) in [5.74, 6) is 0.109. The summed E-state index contributed by atoms with van der Waals surface area (Å²) in [4.78, 5) is 15.2. The fraction of sp³-hybridized carbons (Fsp3) is 0.583. The number of carbonyl (C=O) groups excluding carboxylic acids is 1. The van der Waals surface area contributed by atoms with E-state index in [2.05, 4.69) is 31.5 Å². The number of nitrogens with zero attached hydrogens (tertiary/aromatic N) is 1. The van der Waals surface area contributed by atoms with E-state index in [-0.39, 0.29) is 5.91 Å². The monoisotopic (exact) mass is 331 g/mol. The number of hydrogen-bond donors (Lipinski definition) is 2. The van der Waals surface area contributed by atoms with Gasteiger partial charge in [-0.2, -0.15) is 0 Å². The van der Waals surface area contributed by atoms with Crippen molar-refractivity contribution in [2.45, 2.75) is 13.0 Å². The van der Waals surface area contributed by atoms with E-state index >= 15 is 0 Å². The highest BCUT2D eigenvalue weighted by Crippen LogP contribution is 2.21. The molecule has 1 aromatic rings. The molecule has 0 unspecified atom stereocenters. The topological polar surface area (TPSA) is 44.4 Å². The summed E-state index contributed by atoms with van der Waals surface area (Å²) in [5.41, 5.74) is 0. The molecule has 0 bridgehead atoms. The van der Waals surface area contributed by atoms with Crippen LogP contribution in [0.25, 0.3) is 0 Å². The van der Waals surface area contributed by atoms with Crippen molar-refractivity contribution in [3.8, 4) is 0 Å². The molecule has 1 aromatic heterocycles. The molecule has 4 nitrogen and oxygen atoms in total. The average Bonchev–Trinajstić information content (AvgIpc) is 2.61. The Bertz CT molecular complexity index is 388. The van der Waals surface area contributed by atoms with Crippen LogP contribution in [0.5, 0.6) is 0 Å². The first-order valence-electron chi connectivity index (χ1n) is 6.17. The zero-order chi connectivity index (χ0) is 12.8. The molecule has 0 aliphatic carbocycles. The zero-order valence-electron chi connectivity index (χ0n) is 10.2. The fourth-order valence-corrected chi connectivity index (χ4v) is 3.38. The lowest BCUT2D eigenvalue weighted by molar-refractivity contribution is -0.122. The van der Waals surface area contributed by atoms with Crippen LogP contribution in [0, 0.1) is 0 Å². The second kappa shape index (κ2) is 7.23. The highest BCUT2D eigenvalue weighted by atomic mass is 79.9. The first kappa shape index (κ1) is 14.0. The minimum absolute atomic E-state index is 0.109. The summed E-state index contributed by atoms with van der Waals surface area (Å²) in [6, 6.07) is 2.01.